The van der Waals surface area contributed by atoms with Gasteiger partial charge in [-0.15, -0.1) is 0 Å². The third-order valence-electron chi connectivity index (χ3n) is 2.77. The smallest absolute Gasteiger partial charge is 0.323 e. The van der Waals surface area contributed by atoms with E-state index in [0.717, 1.165) is 0 Å². The molecule has 1 aliphatic rings. The van der Waals surface area contributed by atoms with Crippen molar-refractivity contribution < 1.29 is 14.6 Å². The van der Waals surface area contributed by atoms with Gasteiger partial charge in [0.05, 0.1) is 0 Å². The van der Waals surface area contributed by atoms with Gasteiger partial charge in [-0.05, 0) is 26.0 Å². The van der Waals surface area contributed by atoms with Crippen LogP contribution in [0.4, 0.5) is 0 Å². The van der Waals surface area contributed by atoms with Crippen LogP contribution in [0.25, 0.3) is 0 Å². The quantitative estimate of drug-likeness (QED) is 0.474. The van der Waals surface area contributed by atoms with Gasteiger partial charge in [-0.25, -0.2) is 0 Å². The molecule has 19 heavy (non-hydrogen) atoms. The fraction of sp³-hybridized carbons (Fsp3) is 0.188. The van der Waals surface area contributed by atoms with Gasteiger partial charge in [0.15, 0.2) is 0 Å². The Bertz CT molecular complexity index is 516. The molecule has 3 nitrogen and oxygen atoms in total. The van der Waals surface area contributed by atoms with Gasteiger partial charge in [-0.2, -0.15) is 0 Å². The third-order valence-corrected chi connectivity index (χ3v) is 2.77. The highest BCUT2D eigenvalue weighted by Crippen LogP contribution is 2.37. The van der Waals surface area contributed by atoms with Crippen LogP contribution in [-0.2, 0) is 9.53 Å². The van der Waals surface area contributed by atoms with E-state index in [2.05, 4.69) is 13.2 Å². The average molecular weight is 258 g/mol. The zero-order valence-corrected chi connectivity index (χ0v) is 11.2. The molecule has 1 heterocycles. The largest absolute Gasteiger partial charge is 0.508 e. The highest BCUT2D eigenvalue weighted by atomic mass is 16.5. The summed E-state index contributed by atoms with van der Waals surface area (Å²) in [6.07, 6.45) is 9.65. The maximum absolute atomic E-state index is 12.0. The van der Waals surface area contributed by atoms with Crippen LogP contribution in [0.2, 0.25) is 0 Å². The van der Waals surface area contributed by atoms with E-state index in [0.29, 0.717) is 16.9 Å². The van der Waals surface area contributed by atoms with E-state index >= 15 is 0 Å². The molecule has 1 saturated heterocycles. The summed E-state index contributed by atoms with van der Waals surface area (Å²) in [4.78, 5) is 12.0. The summed E-state index contributed by atoms with van der Waals surface area (Å²) in [5.41, 5.74) is 1.14. The van der Waals surface area contributed by atoms with E-state index in [-0.39, 0.29) is 5.76 Å². The number of allylic oxidation sites excluding steroid dienone is 7. The van der Waals surface area contributed by atoms with E-state index in [9.17, 15) is 9.90 Å². The van der Waals surface area contributed by atoms with Gasteiger partial charge >= 0.3 is 5.97 Å². The van der Waals surface area contributed by atoms with Crippen molar-refractivity contribution in [2.24, 2.45) is 5.92 Å². The van der Waals surface area contributed by atoms with Gasteiger partial charge < -0.3 is 9.84 Å². The van der Waals surface area contributed by atoms with Crippen molar-refractivity contribution in [3.05, 3.63) is 72.3 Å². The minimum absolute atomic E-state index is 0.0126. The summed E-state index contributed by atoms with van der Waals surface area (Å²) in [5, 5.41) is 9.96. The van der Waals surface area contributed by atoms with Crippen LogP contribution in [0.3, 0.4) is 0 Å². The Morgan fingerprint density at radius 3 is 2.53 bits per heavy atom. The van der Waals surface area contributed by atoms with Gasteiger partial charge in [-0.1, -0.05) is 37.5 Å². The Hall–Kier alpha value is -2.29. The van der Waals surface area contributed by atoms with Crippen molar-refractivity contribution in [1.82, 2.24) is 0 Å². The van der Waals surface area contributed by atoms with Crippen LogP contribution in [0.15, 0.2) is 72.3 Å². The summed E-state index contributed by atoms with van der Waals surface area (Å²) in [7, 11) is 0. The van der Waals surface area contributed by atoms with Crippen molar-refractivity contribution in [2.45, 2.75) is 13.8 Å². The predicted molar refractivity (Wildman–Crippen MR) is 76.3 cm³/mol. The van der Waals surface area contributed by atoms with Crippen molar-refractivity contribution >= 4 is 5.97 Å². The number of aliphatic hydroxyl groups is 1. The topological polar surface area (TPSA) is 46.5 Å². The summed E-state index contributed by atoms with van der Waals surface area (Å²) >= 11 is 0. The number of cyclic esters (lactones) is 1. The fourth-order valence-corrected chi connectivity index (χ4v) is 1.96. The minimum Gasteiger partial charge on any atom is -0.508 e. The molecule has 1 aliphatic heterocycles. The van der Waals surface area contributed by atoms with Gasteiger partial charge in [0.2, 0.25) is 0 Å². The Morgan fingerprint density at radius 2 is 2.05 bits per heavy atom. The molecule has 0 bridgehead atoms. The van der Waals surface area contributed by atoms with Gasteiger partial charge in [0.25, 0.3) is 0 Å². The Balaban J connectivity index is 3.36. The number of carbonyl (C=O) groups excluding carboxylic acids is 1. The monoisotopic (exact) mass is 258 g/mol. The molecule has 0 aromatic heterocycles. The molecule has 1 atom stereocenters. The molecule has 0 aliphatic carbocycles. The molecule has 0 radical (unpaired) electrons. The van der Waals surface area contributed by atoms with Crippen molar-refractivity contribution in [3.8, 4) is 0 Å². The highest BCUT2D eigenvalue weighted by Gasteiger charge is 2.38. The first-order valence-electron chi connectivity index (χ1n) is 5.99. The third kappa shape index (κ3) is 2.94. The first kappa shape index (κ1) is 14.8. The Kier molecular flexibility index (Phi) is 5.12. The number of ether oxygens (including phenoxy) is 1. The number of hydrogen-bond donors (Lipinski definition) is 1. The van der Waals surface area contributed by atoms with Gasteiger partial charge in [0, 0.05) is 11.1 Å². The van der Waals surface area contributed by atoms with E-state index in [4.69, 9.17) is 4.74 Å². The maximum Gasteiger partial charge on any atom is 0.323 e. The van der Waals surface area contributed by atoms with Crippen molar-refractivity contribution in [2.75, 3.05) is 0 Å². The summed E-state index contributed by atoms with van der Waals surface area (Å²) < 4.78 is 5.19. The Labute approximate surface area is 113 Å². The minimum atomic E-state index is -0.648. The number of rotatable bonds is 4. The predicted octanol–water partition coefficient (Wildman–Crippen LogP) is 3.75. The van der Waals surface area contributed by atoms with Crippen molar-refractivity contribution in [1.29, 1.82) is 0 Å². The van der Waals surface area contributed by atoms with Crippen LogP contribution < -0.4 is 0 Å². The molecular weight excluding hydrogens is 240 g/mol. The normalized spacial score (nSPS) is 24.7. The number of hydrogen-bond acceptors (Lipinski definition) is 3. The first-order chi connectivity index (χ1) is 9.10. The molecule has 0 spiro atoms. The second kappa shape index (κ2) is 6.59. The van der Waals surface area contributed by atoms with Crippen LogP contribution in [0, 0.1) is 5.92 Å². The van der Waals surface area contributed by atoms with Gasteiger partial charge in [0.1, 0.15) is 17.4 Å². The standard InChI is InChI=1S/C16H18O3/c1-5-9-13(17)11(7-3)15-12(8-4)14(10-6-2)19-16(15)18/h5-10,15,17H,2-3H2,1,4H3/b9-5-,12-8+,13-11-,14-10+. The molecule has 0 amide bonds. The van der Waals surface area contributed by atoms with Crippen LogP contribution >= 0.6 is 0 Å². The zero-order valence-electron chi connectivity index (χ0n) is 11.2. The SMILES string of the molecule is C=C/C=C1/OC(=O)C(/C(C=C)=C(O)/C=C\C)/C1=C/C. The molecule has 0 aromatic carbocycles. The molecule has 1 N–H and O–H groups in total. The van der Waals surface area contributed by atoms with E-state index in [1.165, 1.54) is 12.2 Å². The summed E-state index contributed by atoms with van der Waals surface area (Å²) in [5.74, 6) is -0.601. The average Bonchev–Trinajstić information content (AvgIpc) is 2.68. The zero-order chi connectivity index (χ0) is 14.4. The number of carbonyl (C=O) groups is 1. The second-order valence-electron chi connectivity index (χ2n) is 3.91. The molecule has 1 fully saturated rings. The molecule has 100 valence electrons. The van der Waals surface area contributed by atoms with Crippen molar-refractivity contribution in [3.63, 3.8) is 0 Å². The van der Waals surface area contributed by atoms with Gasteiger partial charge in [-0.3, -0.25) is 4.79 Å². The number of esters is 1. The maximum atomic E-state index is 12.0. The van der Waals surface area contributed by atoms with Crippen LogP contribution in [0.5, 0.6) is 0 Å². The molecule has 1 rings (SSSR count). The first-order valence-corrected chi connectivity index (χ1v) is 5.99. The van der Waals surface area contributed by atoms with E-state index in [1.807, 2.05) is 6.92 Å². The highest BCUT2D eigenvalue weighted by molar-refractivity contribution is 5.87. The molecule has 0 aromatic rings. The fourth-order valence-electron chi connectivity index (χ4n) is 1.96. The Morgan fingerprint density at radius 1 is 1.37 bits per heavy atom. The number of aliphatic hydroxyl groups excluding tert-OH is 1. The lowest BCUT2D eigenvalue weighted by molar-refractivity contribution is -0.137. The lowest BCUT2D eigenvalue weighted by atomic mass is 9.90. The molecule has 3 heteroatoms. The van der Waals surface area contributed by atoms with E-state index in [1.54, 1.807) is 31.2 Å². The molecule has 0 saturated carbocycles. The lowest BCUT2D eigenvalue weighted by Crippen LogP contribution is -2.12. The lowest BCUT2D eigenvalue weighted by Gasteiger charge is -2.10. The van der Waals surface area contributed by atoms with Crippen LogP contribution in [0.1, 0.15) is 13.8 Å². The molecular formula is C16H18O3. The summed E-state index contributed by atoms with van der Waals surface area (Å²) in [6.45, 7) is 10.8. The molecule has 1 unspecified atom stereocenters. The van der Waals surface area contributed by atoms with Crippen LogP contribution in [-0.4, -0.2) is 11.1 Å². The van der Waals surface area contributed by atoms with E-state index < -0.39 is 11.9 Å². The second-order valence-corrected chi connectivity index (χ2v) is 3.91. The summed E-state index contributed by atoms with van der Waals surface area (Å²) in [6, 6.07) is 0.